The maximum Gasteiger partial charge on any atom is 0.259 e. The molecule has 0 aliphatic carbocycles. The van der Waals surface area contributed by atoms with Gasteiger partial charge in [-0.1, -0.05) is 73.1 Å². The molecule has 178 valence electrons. The van der Waals surface area contributed by atoms with Crippen LogP contribution in [0.1, 0.15) is 41.1 Å². The van der Waals surface area contributed by atoms with Gasteiger partial charge in [-0.3, -0.25) is 14.2 Å². The van der Waals surface area contributed by atoms with Gasteiger partial charge in [-0.15, -0.1) is 0 Å². The van der Waals surface area contributed by atoms with E-state index >= 15 is 0 Å². The third-order valence-corrected chi connectivity index (χ3v) is 6.90. The van der Waals surface area contributed by atoms with Crippen LogP contribution in [0.4, 0.5) is 0 Å². The van der Waals surface area contributed by atoms with Crippen molar-refractivity contribution in [2.75, 3.05) is 0 Å². The summed E-state index contributed by atoms with van der Waals surface area (Å²) >= 11 is 4.72. The molecule has 2 N–H and O–H groups in total. The fourth-order valence-corrected chi connectivity index (χ4v) is 5.08. The zero-order valence-corrected chi connectivity index (χ0v) is 20.4. The van der Waals surface area contributed by atoms with Gasteiger partial charge in [-0.05, 0) is 40.3 Å². The summed E-state index contributed by atoms with van der Waals surface area (Å²) in [5.41, 5.74) is 5.99. The van der Waals surface area contributed by atoms with Gasteiger partial charge in [0.1, 0.15) is 6.17 Å². The van der Waals surface area contributed by atoms with Crippen LogP contribution in [0, 0.1) is 0 Å². The van der Waals surface area contributed by atoms with Gasteiger partial charge < -0.3 is 0 Å². The van der Waals surface area contributed by atoms with E-state index in [0.29, 0.717) is 27.1 Å². The van der Waals surface area contributed by atoms with Crippen LogP contribution in [0.3, 0.4) is 0 Å². The second-order valence-corrected chi connectivity index (χ2v) is 9.48. The van der Waals surface area contributed by atoms with Crippen LogP contribution < -0.4 is 15.8 Å². The van der Waals surface area contributed by atoms with Gasteiger partial charge in [0, 0.05) is 22.4 Å². The molecular weight excluding hydrogens is 486 g/mol. The first-order valence-corrected chi connectivity index (χ1v) is 12.6. The Labute approximate surface area is 209 Å². The van der Waals surface area contributed by atoms with E-state index in [1.165, 1.54) is 0 Å². The van der Waals surface area contributed by atoms with E-state index in [4.69, 9.17) is 15.9 Å². The summed E-state index contributed by atoms with van der Waals surface area (Å²) < 4.78 is 20.6. The van der Waals surface area contributed by atoms with E-state index in [9.17, 15) is 13.8 Å². The number of carbonyl (C=O) groups excluding carboxylic acids is 1. The molecular formula is C26H22ClN3O4S. The summed E-state index contributed by atoms with van der Waals surface area (Å²) in [6.07, 6.45) is -0.152. The van der Waals surface area contributed by atoms with Crippen molar-refractivity contribution >= 4 is 39.4 Å². The molecule has 2 atom stereocenters. The van der Waals surface area contributed by atoms with E-state index in [2.05, 4.69) is 10.2 Å². The average Bonchev–Trinajstić information content (AvgIpc) is 3.32. The van der Waals surface area contributed by atoms with Gasteiger partial charge in [0.25, 0.3) is 16.8 Å². The van der Waals surface area contributed by atoms with Crippen LogP contribution in [0.15, 0.2) is 77.6 Å². The molecule has 3 aromatic carbocycles. The molecule has 1 fully saturated rings. The minimum absolute atomic E-state index is 0.126. The molecule has 0 radical (unpaired) electrons. The Kier molecular flexibility index (Phi) is 6.64. The summed E-state index contributed by atoms with van der Waals surface area (Å²) in [4.78, 5) is 27.0. The molecule has 7 nitrogen and oxygen atoms in total. The highest BCUT2D eigenvalue weighted by Gasteiger charge is 2.24. The van der Waals surface area contributed by atoms with Crippen LogP contribution in [0.2, 0.25) is 5.02 Å². The number of pyridine rings is 1. The third kappa shape index (κ3) is 4.59. The fraction of sp³-hybridized carbons (Fsp3) is 0.154. The predicted molar refractivity (Wildman–Crippen MR) is 137 cm³/mol. The van der Waals surface area contributed by atoms with Crippen molar-refractivity contribution in [3.05, 3.63) is 105 Å². The van der Waals surface area contributed by atoms with E-state index in [-0.39, 0.29) is 24.3 Å². The standard InChI is InChI=1S/C26H22ClN3O4S/c1-2-22(31)24-23(17-6-4-3-5-7-17)21-14-19(27)12-13-20(21)26(32)30(24)15-16-8-10-18(11-9-16)25-28-34-35(33)29-25/h3-14,25,28-29H,2,15H2,1H3. The lowest BCUT2D eigenvalue weighted by Crippen LogP contribution is -2.28. The minimum atomic E-state index is -1.59. The van der Waals surface area contributed by atoms with Gasteiger partial charge in [0.2, 0.25) is 0 Å². The lowest BCUT2D eigenvalue weighted by atomic mass is 9.94. The molecule has 2 unspecified atom stereocenters. The highest BCUT2D eigenvalue weighted by molar-refractivity contribution is 7.78. The zero-order chi connectivity index (χ0) is 24.5. The highest BCUT2D eigenvalue weighted by Crippen LogP contribution is 2.33. The van der Waals surface area contributed by atoms with Crippen molar-refractivity contribution in [1.82, 2.24) is 14.8 Å². The molecule has 9 heteroatoms. The summed E-state index contributed by atoms with van der Waals surface area (Å²) in [7, 11) is 0. The molecule has 1 aliphatic heterocycles. The molecule has 0 saturated carbocycles. The molecule has 1 saturated heterocycles. The van der Waals surface area contributed by atoms with Crippen molar-refractivity contribution in [1.29, 1.82) is 0 Å². The maximum atomic E-state index is 13.7. The fourth-order valence-electron chi connectivity index (χ4n) is 4.29. The number of fused-ring (bicyclic) bond motifs is 1. The molecule has 2 heterocycles. The van der Waals surface area contributed by atoms with Gasteiger partial charge in [-0.25, -0.2) is 4.21 Å². The highest BCUT2D eigenvalue weighted by atomic mass is 35.5. The SMILES string of the molecule is CCC(=O)c1c(-c2ccccc2)c2cc(Cl)ccc2c(=O)n1Cc1ccc(C2NOS(=O)N2)cc1. The number of aromatic nitrogens is 1. The van der Waals surface area contributed by atoms with Crippen LogP contribution in [-0.4, -0.2) is 14.6 Å². The average molecular weight is 508 g/mol. The van der Waals surface area contributed by atoms with Crippen LogP contribution in [-0.2, 0) is 22.1 Å². The summed E-state index contributed by atoms with van der Waals surface area (Å²) in [5, 5.41) is 1.65. The van der Waals surface area contributed by atoms with E-state index < -0.39 is 17.4 Å². The summed E-state index contributed by atoms with van der Waals surface area (Å²) in [6.45, 7) is 2.00. The predicted octanol–water partition coefficient (Wildman–Crippen LogP) is 4.66. The molecule has 35 heavy (non-hydrogen) atoms. The number of nitrogens with zero attached hydrogens (tertiary/aromatic N) is 1. The van der Waals surface area contributed by atoms with Crippen LogP contribution in [0.5, 0.6) is 0 Å². The van der Waals surface area contributed by atoms with E-state index in [1.807, 2.05) is 54.6 Å². The van der Waals surface area contributed by atoms with Crippen LogP contribution >= 0.6 is 11.6 Å². The number of carbonyl (C=O) groups is 1. The third-order valence-electron chi connectivity index (χ3n) is 5.99. The Morgan fingerprint density at radius 1 is 1.06 bits per heavy atom. The lowest BCUT2D eigenvalue weighted by molar-refractivity contribution is 0.0979. The van der Waals surface area contributed by atoms with Crippen molar-refractivity contribution in [3.8, 4) is 11.1 Å². The molecule has 1 aromatic heterocycles. The van der Waals surface area contributed by atoms with Crippen molar-refractivity contribution in [2.45, 2.75) is 26.1 Å². The molecule has 5 rings (SSSR count). The number of hydroxylamine groups is 1. The Morgan fingerprint density at radius 3 is 2.46 bits per heavy atom. The van der Waals surface area contributed by atoms with Gasteiger partial charge in [-0.2, -0.15) is 14.5 Å². The molecule has 0 bridgehead atoms. The van der Waals surface area contributed by atoms with Gasteiger partial charge in [0.05, 0.1) is 12.2 Å². The molecule has 0 amide bonds. The van der Waals surface area contributed by atoms with E-state index in [0.717, 1.165) is 16.7 Å². The second kappa shape index (κ2) is 9.85. The quantitative estimate of drug-likeness (QED) is 0.370. The Hall–Kier alpha value is -3.14. The first-order valence-electron chi connectivity index (χ1n) is 11.1. The summed E-state index contributed by atoms with van der Waals surface area (Å²) in [6, 6.07) is 22.2. The Morgan fingerprint density at radius 2 is 1.80 bits per heavy atom. The van der Waals surface area contributed by atoms with Crippen molar-refractivity contribution in [2.24, 2.45) is 0 Å². The van der Waals surface area contributed by atoms with Crippen molar-refractivity contribution < 1.29 is 13.3 Å². The number of hydrogen-bond acceptors (Lipinski definition) is 5. The lowest BCUT2D eigenvalue weighted by Gasteiger charge is -2.20. The topological polar surface area (TPSA) is 89.4 Å². The number of nitrogens with one attached hydrogen (secondary N) is 2. The second-order valence-electron chi connectivity index (χ2n) is 8.18. The molecule has 1 aliphatic rings. The number of halogens is 1. The van der Waals surface area contributed by atoms with Crippen molar-refractivity contribution in [3.63, 3.8) is 0 Å². The Balaban J connectivity index is 1.68. The van der Waals surface area contributed by atoms with Gasteiger partial charge in [0.15, 0.2) is 5.78 Å². The maximum absolute atomic E-state index is 13.7. The number of benzene rings is 3. The number of hydrogen-bond donors (Lipinski definition) is 2. The number of ketones is 1. The van der Waals surface area contributed by atoms with Crippen LogP contribution in [0.25, 0.3) is 21.9 Å². The zero-order valence-electron chi connectivity index (χ0n) is 18.8. The first kappa shape index (κ1) is 23.6. The number of rotatable bonds is 6. The Bertz CT molecular complexity index is 1500. The smallest absolute Gasteiger partial charge is 0.259 e. The molecule has 0 spiro atoms. The van der Waals surface area contributed by atoms with Gasteiger partial charge >= 0.3 is 0 Å². The largest absolute Gasteiger partial charge is 0.300 e. The summed E-state index contributed by atoms with van der Waals surface area (Å²) in [5.74, 6) is -0.126. The number of Topliss-reactive ketones (excluding diaryl/α,β-unsaturated/α-hetero) is 1. The normalized spacial score (nSPS) is 17.7. The first-order chi connectivity index (χ1) is 17.0. The minimum Gasteiger partial charge on any atom is -0.300 e. The molecule has 4 aromatic rings. The van der Waals surface area contributed by atoms with E-state index in [1.54, 1.807) is 29.7 Å². The monoisotopic (exact) mass is 507 g/mol.